The van der Waals surface area contributed by atoms with Crippen molar-refractivity contribution in [2.45, 2.75) is 0 Å². The summed E-state index contributed by atoms with van der Waals surface area (Å²) in [6.07, 6.45) is 0. The van der Waals surface area contributed by atoms with Gasteiger partial charge in [0, 0.05) is 54.3 Å². The van der Waals surface area contributed by atoms with Crippen molar-refractivity contribution in [1.82, 2.24) is 23.3 Å². The number of hydrogen-bond donors (Lipinski definition) is 0. The van der Waals surface area contributed by atoms with Crippen molar-refractivity contribution in [3.8, 4) is 45.3 Å². The van der Waals surface area contributed by atoms with Gasteiger partial charge in [0.2, 0.25) is 0 Å². The van der Waals surface area contributed by atoms with Gasteiger partial charge in [0.15, 0.2) is 0 Å². The molecule has 0 amide bonds. The SMILES string of the molecule is [2H]c1c([2H])c([2H])c2c(c1[2H])c1ccccc1n2-c1cc(-c2c(-c3ccc(-n4c5ccccc5c5ccccc54)cc3)cccc2-n2c3ccccc3c3ccccc32)cc(-n2c3ccccc3c3ccccc32)n1. The summed E-state index contributed by atoms with van der Waals surface area (Å²) < 4.78 is 45.4. The summed E-state index contributed by atoms with van der Waals surface area (Å²) in [7, 11) is 0. The zero-order chi connectivity index (χ0) is 49.3. The minimum atomic E-state index is -0.298. The molecule has 326 valence electrons. The predicted molar refractivity (Wildman–Crippen MR) is 292 cm³/mol. The lowest BCUT2D eigenvalue weighted by atomic mass is 9.92. The lowest BCUT2D eigenvalue weighted by Crippen LogP contribution is -2.06. The van der Waals surface area contributed by atoms with E-state index in [1.54, 1.807) is 0 Å². The molecule has 5 heteroatoms. The average Bonchev–Trinajstić information content (AvgIpc) is 4.23. The third-order valence-corrected chi connectivity index (χ3v) is 14.3. The Hall–Kier alpha value is -9.45. The van der Waals surface area contributed by atoms with Crippen LogP contribution in [0, 0.1) is 0 Å². The molecule has 0 fully saturated rings. The molecule has 0 aliphatic heterocycles. The van der Waals surface area contributed by atoms with E-state index in [0.717, 1.165) is 99.2 Å². The second-order valence-corrected chi connectivity index (χ2v) is 18.0. The molecule has 0 atom stereocenters. The standard InChI is InChI=1S/C65H41N5/c1-9-27-54-46(18-1)47-19-2-10-28-55(47)67(54)44-38-36-42(37-39-44)45-26-17-35-62(68-56-29-11-3-20-48(56)49-21-4-12-30-57(49)68)65(45)43-40-63(69-58-31-13-5-22-50(58)51-23-6-14-32-59(51)69)66-64(41-43)70-60-33-15-7-24-52(60)53-25-8-16-34-61(53)70/h1-41H/i5D,13D,22D,31D. The number of para-hydroxylation sites is 8. The summed E-state index contributed by atoms with van der Waals surface area (Å²) in [6, 6.07) is 77.9. The summed E-state index contributed by atoms with van der Waals surface area (Å²) in [5.74, 6) is 1.17. The van der Waals surface area contributed by atoms with Crippen LogP contribution in [-0.2, 0) is 0 Å². The van der Waals surface area contributed by atoms with Crippen molar-refractivity contribution in [2.75, 3.05) is 0 Å². The Morgan fingerprint density at radius 2 is 0.686 bits per heavy atom. The molecule has 5 nitrogen and oxygen atoms in total. The molecule has 0 saturated carbocycles. The zero-order valence-electron chi connectivity index (χ0n) is 41.6. The Morgan fingerprint density at radius 3 is 1.16 bits per heavy atom. The lowest BCUT2D eigenvalue weighted by molar-refractivity contribution is 1.01. The van der Waals surface area contributed by atoms with E-state index in [1.165, 1.54) is 10.8 Å². The second kappa shape index (κ2) is 15.0. The molecule has 0 bridgehead atoms. The molecule has 5 aromatic heterocycles. The van der Waals surface area contributed by atoms with E-state index in [-0.39, 0.29) is 24.2 Å². The van der Waals surface area contributed by atoms with Crippen LogP contribution in [0.3, 0.4) is 0 Å². The van der Waals surface area contributed by atoms with Crippen molar-refractivity contribution >= 4 is 87.2 Å². The van der Waals surface area contributed by atoms with Crippen molar-refractivity contribution in [3.63, 3.8) is 0 Å². The van der Waals surface area contributed by atoms with Crippen molar-refractivity contribution < 1.29 is 5.48 Å². The van der Waals surface area contributed by atoms with Gasteiger partial charge in [0.05, 0.1) is 55.3 Å². The van der Waals surface area contributed by atoms with Gasteiger partial charge in [-0.05, 0) is 95.5 Å². The van der Waals surface area contributed by atoms with Gasteiger partial charge in [-0.25, -0.2) is 4.98 Å². The fourth-order valence-corrected chi connectivity index (χ4v) is 11.4. The van der Waals surface area contributed by atoms with E-state index in [0.29, 0.717) is 22.5 Å². The summed E-state index contributed by atoms with van der Waals surface area (Å²) in [6.45, 7) is 0. The second-order valence-electron chi connectivity index (χ2n) is 18.0. The molecule has 0 spiro atoms. The van der Waals surface area contributed by atoms with Crippen LogP contribution in [0.5, 0.6) is 0 Å². The van der Waals surface area contributed by atoms with E-state index in [9.17, 15) is 2.74 Å². The van der Waals surface area contributed by atoms with Gasteiger partial charge in [-0.15, -0.1) is 0 Å². The fraction of sp³-hybridized carbons (Fsp3) is 0. The van der Waals surface area contributed by atoms with Crippen LogP contribution in [0.15, 0.2) is 249 Å². The maximum Gasteiger partial charge on any atom is 0.140 e. The van der Waals surface area contributed by atoms with Crippen LogP contribution in [0.4, 0.5) is 0 Å². The highest BCUT2D eigenvalue weighted by atomic mass is 15.1. The Bertz CT molecular complexity index is 4680. The van der Waals surface area contributed by atoms with E-state index >= 15 is 0 Å². The first-order valence-corrected chi connectivity index (χ1v) is 23.6. The number of nitrogens with zero attached hydrogens (tertiary/aromatic N) is 5. The number of hydrogen-bond acceptors (Lipinski definition) is 1. The number of benzene rings is 10. The molecular formula is C65H41N5. The molecular weight excluding hydrogens is 851 g/mol. The van der Waals surface area contributed by atoms with Crippen molar-refractivity contribution in [3.05, 3.63) is 249 Å². The maximum atomic E-state index is 9.51. The Morgan fingerprint density at radius 1 is 0.300 bits per heavy atom. The number of pyridine rings is 1. The maximum absolute atomic E-state index is 9.51. The van der Waals surface area contributed by atoms with Gasteiger partial charge in [-0.3, -0.25) is 9.13 Å². The van der Waals surface area contributed by atoms with Crippen molar-refractivity contribution in [1.29, 1.82) is 0 Å². The average molecular weight is 896 g/mol. The minimum absolute atomic E-state index is 0.0851. The Labute approximate surface area is 408 Å². The molecule has 0 radical (unpaired) electrons. The normalized spacial score (nSPS) is 12.8. The molecule has 15 aromatic rings. The molecule has 0 N–H and O–H groups in total. The Balaban J connectivity index is 1.07. The zero-order valence-corrected chi connectivity index (χ0v) is 37.6. The number of rotatable bonds is 6. The number of fused-ring (bicyclic) bond motifs is 12. The third kappa shape index (κ3) is 5.57. The van der Waals surface area contributed by atoms with Crippen LogP contribution in [0.25, 0.3) is 132 Å². The van der Waals surface area contributed by atoms with E-state index in [2.05, 4.69) is 214 Å². The third-order valence-electron chi connectivity index (χ3n) is 14.3. The smallest absolute Gasteiger partial charge is 0.140 e. The lowest BCUT2D eigenvalue weighted by Gasteiger charge is -2.21. The van der Waals surface area contributed by atoms with Crippen LogP contribution < -0.4 is 0 Å². The first-order chi connectivity index (χ1) is 36.4. The highest BCUT2D eigenvalue weighted by molar-refractivity contribution is 6.13. The van der Waals surface area contributed by atoms with Crippen LogP contribution in [0.1, 0.15) is 5.48 Å². The van der Waals surface area contributed by atoms with Gasteiger partial charge in [0.25, 0.3) is 0 Å². The largest absolute Gasteiger partial charge is 0.309 e. The minimum Gasteiger partial charge on any atom is -0.309 e. The molecule has 0 aliphatic carbocycles. The summed E-state index contributed by atoms with van der Waals surface area (Å²) >= 11 is 0. The topological polar surface area (TPSA) is 32.6 Å². The van der Waals surface area contributed by atoms with Crippen LogP contribution in [-0.4, -0.2) is 23.3 Å². The molecule has 10 aromatic carbocycles. The summed E-state index contributed by atoms with van der Waals surface area (Å²) in [5, 5.41) is 8.07. The monoisotopic (exact) mass is 895 g/mol. The van der Waals surface area contributed by atoms with Crippen LogP contribution >= 0.6 is 0 Å². The van der Waals surface area contributed by atoms with E-state index in [4.69, 9.17) is 7.73 Å². The molecule has 0 unspecified atom stereocenters. The number of aromatic nitrogens is 5. The molecule has 0 saturated heterocycles. The summed E-state index contributed by atoms with van der Waals surface area (Å²) in [4.78, 5) is 5.62. The van der Waals surface area contributed by atoms with Gasteiger partial charge in [-0.1, -0.05) is 170 Å². The molecule has 70 heavy (non-hydrogen) atoms. The van der Waals surface area contributed by atoms with Crippen molar-refractivity contribution in [2.24, 2.45) is 0 Å². The van der Waals surface area contributed by atoms with Crippen LogP contribution in [0.2, 0.25) is 0 Å². The van der Waals surface area contributed by atoms with E-state index < -0.39 is 0 Å². The summed E-state index contributed by atoms with van der Waals surface area (Å²) in [5.41, 5.74) is 13.4. The highest BCUT2D eigenvalue weighted by Gasteiger charge is 2.24. The predicted octanol–water partition coefficient (Wildman–Crippen LogP) is 16.8. The highest BCUT2D eigenvalue weighted by Crippen LogP contribution is 2.44. The van der Waals surface area contributed by atoms with Gasteiger partial charge >= 0.3 is 0 Å². The molecule has 0 aliphatic rings. The Kier molecular flexibility index (Phi) is 7.47. The molecule has 15 rings (SSSR count). The molecule has 5 heterocycles. The fourth-order valence-electron chi connectivity index (χ4n) is 11.4. The van der Waals surface area contributed by atoms with E-state index in [1.807, 2.05) is 28.8 Å². The first kappa shape index (κ1) is 34.8. The van der Waals surface area contributed by atoms with Gasteiger partial charge in [0.1, 0.15) is 11.6 Å². The van der Waals surface area contributed by atoms with Gasteiger partial charge < -0.3 is 9.13 Å². The van der Waals surface area contributed by atoms with Gasteiger partial charge in [-0.2, -0.15) is 0 Å². The first-order valence-electron chi connectivity index (χ1n) is 25.6. The quantitative estimate of drug-likeness (QED) is 0.164.